The summed E-state index contributed by atoms with van der Waals surface area (Å²) in [4.78, 5) is 38.0. The molecule has 6 heterocycles. The van der Waals surface area contributed by atoms with Crippen LogP contribution in [0.25, 0.3) is 5.65 Å². The van der Waals surface area contributed by atoms with Gasteiger partial charge in [-0.15, -0.1) is 5.10 Å². The number of carbonyl (C=O) groups is 2. The van der Waals surface area contributed by atoms with Crippen molar-refractivity contribution in [1.82, 2.24) is 39.1 Å². The number of nitrogens with one attached hydrogen (secondary N) is 1. The fourth-order valence-electron chi connectivity index (χ4n) is 7.27. The second-order valence-corrected chi connectivity index (χ2v) is 13.7. The summed E-state index contributed by atoms with van der Waals surface area (Å²) >= 11 is 6.28. The summed E-state index contributed by atoms with van der Waals surface area (Å²) in [6.45, 7) is 9.15. The highest BCUT2D eigenvalue weighted by Gasteiger charge is 2.45. The van der Waals surface area contributed by atoms with Gasteiger partial charge in [-0.25, -0.2) is 4.52 Å². The monoisotopic (exact) mass is 669 g/mol. The van der Waals surface area contributed by atoms with Gasteiger partial charge in [-0.1, -0.05) is 23.7 Å². The van der Waals surface area contributed by atoms with E-state index < -0.39 is 0 Å². The Labute approximate surface area is 284 Å². The summed E-state index contributed by atoms with van der Waals surface area (Å²) in [5, 5.41) is 22.5. The predicted molar refractivity (Wildman–Crippen MR) is 182 cm³/mol. The van der Waals surface area contributed by atoms with Gasteiger partial charge in [0.05, 0.1) is 23.6 Å². The number of halogens is 1. The first kappa shape index (κ1) is 31.9. The maximum Gasteiger partial charge on any atom is 0.247 e. The molecule has 14 heteroatoms. The van der Waals surface area contributed by atoms with E-state index in [0.29, 0.717) is 47.7 Å². The van der Waals surface area contributed by atoms with Gasteiger partial charge in [0, 0.05) is 95.1 Å². The largest absolute Gasteiger partial charge is 0.366 e. The number of aromatic nitrogens is 5. The molecule has 1 N–H and O–H groups in total. The summed E-state index contributed by atoms with van der Waals surface area (Å²) in [5.74, 6) is 1.22. The Morgan fingerprint density at radius 1 is 1.06 bits per heavy atom. The van der Waals surface area contributed by atoms with Crippen LogP contribution in [0.2, 0.25) is 5.02 Å². The zero-order valence-electron chi connectivity index (χ0n) is 27.1. The lowest BCUT2D eigenvalue weighted by atomic mass is 9.71. The highest BCUT2D eigenvalue weighted by Crippen LogP contribution is 2.42. The van der Waals surface area contributed by atoms with Crippen LogP contribution < -0.4 is 10.2 Å². The van der Waals surface area contributed by atoms with Gasteiger partial charge in [0.15, 0.2) is 5.65 Å². The minimum Gasteiger partial charge on any atom is -0.366 e. The van der Waals surface area contributed by atoms with E-state index in [1.54, 1.807) is 28.5 Å². The van der Waals surface area contributed by atoms with Crippen LogP contribution in [0.5, 0.6) is 0 Å². The molecule has 48 heavy (non-hydrogen) atoms. The number of hydrogen-bond donors (Lipinski definition) is 1. The lowest BCUT2D eigenvalue weighted by Crippen LogP contribution is -2.59. The Hall–Kier alpha value is -4.67. The minimum absolute atomic E-state index is 0.0634. The Kier molecular flexibility index (Phi) is 8.94. The van der Waals surface area contributed by atoms with Crippen molar-refractivity contribution in [3.8, 4) is 6.07 Å². The lowest BCUT2D eigenvalue weighted by Gasteiger charge is -2.50. The molecule has 4 aromatic rings. The van der Waals surface area contributed by atoms with E-state index in [2.05, 4.69) is 31.4 Å². The van der Waals surface area contributed by atoms with Crippen LogP contribution in [0.3, 0.4) is 0 Å². The van der Waals surface area contributed by atoms with Crippen molar-refractivity contribution in [3.05, 3.63) is 65.6 Å². The Balaban J connectivity index is 0.924. The molecule has 0 radical (unpaired) electrons. The molecule has 0 aliphatic carbocycles. The number of carbonyl (C=O) groups excluding carboxylic acids is 2. The molecule has 13 nitrogen and oxygen atoms in total. The van der Waals surface area contributed by atoms with Crippen molar-refractivity contribution >= 4 is 46.4 Å². The van der Waals surface area contributed by atoms with E-state index in [1.165, 1.54) is 0 Å². The number of amides is 2. The van der Waals surface area contributed by atoms with Crippen molar-refractivity contribution in [1.29, 1.82) is 5.26 Å². The molecule has 3 aliphatic rings. The van der Waals surface area contributed by atoms with Crippen LogP contribution >= 0.6 is 11.6 Å². The van der Waals surface area contributed by atoms with Crippen molar-refractivity contribution < 1.29 is 9.59 Å². The van der Waals surface area contributed by atoms with E-state index in [0.717, 1.165) is 69.9 Å². The first-order chi connectivity index (χ1) is 23.3. The summed E-state index contributed by atoms with van der Waals surface area (Å²) < 4.78 is 3.39. The molecule has 0 bridgehead atoms. The second kappa shape index (κ2) is 13.4. The molecule has 0 atom stereocenters. The average molecular weight is 670 g/mol. The number of nitriles is 1. The molecule has 3 aromatic heterocycles. The van der Waals surface area contributed by atoms with Crippen molar-refractivity contribution in [2.45, 2.75) is 38.1 Å². The Morgan fingerprint density at radius 3 is 2.58 bits per heavy atom. The Morgan fingerprint density at radius 2 is 1.85 bits per heavy atom. The Bertz CT molecular complexity index is 1830. The maximum atomic E-state index is 13.1. The third-order valence-corrected chi connectivity index (χ3v) is 10.2. The highest BCUT2D eigenvalue weighted by molar-refractivity contribution is 6.30. The van der Waals surface area contributed by atoms with E-state index in [1.807, 2.05) is 52.4 Å². The van der Waals surface area contributed by atoms with Crippen molar-refractivity contribution in [3.63, 3.8) is 0 Å². The lowest BCUT2D eigenvalue weighted by molar-refractivity contribution is -0.133. The molecule has 7 rings (SSSR count). The number of benzene rings is 1. The van der Waals surface area contributed by atoms with E-state index in [-0.39, 0.29) is 23.8 Å². The quantitative estimate of drug-likeness (QED) is 0.285. The molecule has 0 unspecified atom stereocenters. The fraction of sp³-hybridized carbons (Fsp3) is 0.471. The van der Waals surface area contributed by atoms with Crippen LogP contribution in [-0.4, -0.2) is 110 Å². The second-order valence-electron chi connectivity index (χ2n) is 13.3. The number of nitrogens with zero attached hydrogens (tertiary/aromatic N) is 10. The number of piperazine rings is 1. The van der Waals surface area contributed by atoms with Gasteiger partial charge in [0.25, 0.3) is 0 Å². The number of hydrogen-bond acceptors (Lipinski definition) is 9. The molecule has 3 fully saturated rings. The average Bonchev–Trinajstić information content (AvgIpc) is 3.69. The molecule has 0 saturated carbocycles. The number of rotatable bonds is 9. The molecule has 2 amide bonds. The predicted octanol–water partition coefficient (Wildman–Crippen LogP) is 3.40. The topological polar surface area (TPSA) is 131 Å². The third kappa shape index (κ3) is 6.68. The van der Waals surface area contributed by atoms with Crippen molar-refractivity contribution in [2.75, 3.05) is 69.1 Å². The highest BCUT2D eigenvalue weighted by atomic mass is 35.5. The van der Waals surface area contributed by atoms with Gasteiger partial charge in [-0.2, -0.15) is 15.3 Å². The number of anilines is 3. The van der Waals surface area contributed by atoms with Crippen LogP contribution in [0.1, 0.15) is 31.7 Å². The van der Waals surface area contributed by atoms with E-state index >= 15 is 0 Å². The molecule has 3 saturated heterocycles. The van der Waals surface area contributed by atoms with Crippen LogP contribution in [-0.2, 0) is 21.5 Å². The standard InChI is InChI=1S/C34H40ClN11O2/c1-25(47)42-16-14-41(15-17-42)20-26-7-12-43(13-8-26)31(48)22-45-21-29(19-37-45)38-33-39-32-30(6-3-11-46(32)40-33)44-23-34(24-44,9-10-36)27-4-2-5-28(35)18-27/h2-6,11,18-19,21,26H,7-9,12-17,20,22-24H2,1H3,(H,38,40). The number of likely N-dealkylation sites (tertiary alicyclic amines) is 1. The van der Waals surface area contributed by atoms with Gasteiger partial charge < -0.3 is 20.0 Å². The zero-order valence-corrected chi connectivity index (χ0v) is 27.9. The number of fused-ring (bicyclic) bond motifs is 1. The molecular weight excluding hydrogens is 630 g/mol. The fourth-order valence-corrected chi connectivity index (χ4v) is 7.46. The molecular formula is C34H40ClN11O2. The normalized spacial score (nSPS) is 18.5. The minimum atomic E-state index is -0.288. The van der Waals surface area contributed by atoms with Gasteiger partial charge in [0.2, 0.25) is 17.8 Å². The van der Waals surface area contributed by atoms with Crippen LogP contribution in [0.4, 0.5) is 17.3 Å². The van der Waals surface area contributed by atoms with Gasteiger partial charge in [-0.3, -0.25) is 19.2 Å². The van der Waals surface area contributed by atoms with Gasteiger partial charge >= 0.3 is 0 Å². The van der Waals surface area contributed by atoms with Gasteiger partial charge in [0.1, 0.15) is 6.54 Å². The number of piperidine rings is 1. The smallest absolute Gasteiger partial charge is 0.247 e. The third-order valence-electron chi connectivity index (χ3n) is 10.0. The number of pyridine rings is 1. The van der Waals surface area contributed by atoms with E-state index in [4.69, 9.17) is 16.6 Å². The summed E-state index contributed by atoms with van der Waals surface area (Å²) in [6, 6.07) is 14.1. The zero-order chi connectivity index (χ0) is 33.3. The molecule has 3 aliphatic heterocycles. The SMILES string of the molecule is CC(=O)N1CCN(CC2CCN(C(=O)Cn3cc(Nc4nc5c(N6CC(CC#N)(c7cccc(Cl)c7)C6)cccn5n4)cn3)CC2)CC1. The first-order valence-corrected chi connectivity index (χ1v) is 16.9. The maximum absolute atomic E-state index is 13.1. The molecule has 1 aromatic carbocycles. The summed E-state index contributed by atoms with van der Waals surface area (Å²) in [5.41, 5.74) is 3.13. The van der Waals surface area contributed by atoms with Crippen molar-refractivity contribution in [2.24, 2.45) is 5.92 Å². The van der Waals surface area contributed by atoms with Crippen LogP contribution in [0.15, 0.2) is 55.0 Å². The first-order valence-electron chi connectivity index (χ1n) is 16.6. The van der Waals surface area contributed by atoms with Gasteiger partial charge in [-0.05, 0) is 48.6 Å². The summed E-state index contributed by atoms with van der Waals surface area (Å²) in [7, 11) is 0. The summed E-state index contributed by atoms with van der Waals surface area (Å²) in [6.07, 6.45) is 7.71. The molecule has 0 spiro atoms. The van der Waals surface area contributed by atoms with E-state index in [9.17, 15) is 14.9 Å². The molecule has 250 valence electrons. The van der Waals surface area contributed by atoms with Crippen LogP contribution in [0, 0.1) is 17.2 Å².